The highest BCUT2D eigenvalue weighted by Gasteiger charge is 2.57. The lowest BCUT2D eigenvalue weighted by Gasteiger charge is -2.22. The average molecular weight is 191 g/mol. The zero-order valence-electron chi connectivity index (χ0n) is 6.21. The molecule has 2 aliphatic heterocycles. The summed E-state index contributed by atoms with van der Waals surface area (Å²) in [5, 5.41) is 0. The molecule has 0 atom stereocenters. The van der Waals surface area contributed by atoms with Crippen LogP contribution in [0.4, 0.5) is 0 Å². The van der Waals surface area contributed by atoms with Crippen LogP contribution in [0.2, 0.25) is 0 Å². The van der Waals surface area contributed by atoms with E-state index in [1.165, 1.54) is 0 Å². The van der Waals surface area contributed by atoms with Crippen molar-refractivity contribution in [2.24, 2.45) is 5.92 Å². The third kappa shape index (κ3) is 0.909. The Bertz CT molecular complexity index is 230. The summed E-state index contributed by atoms with van der Waals surface area (Å²) in [6, 6.07) is 0. The highest BCUT2D eigenvalue weighted by Crippen LogP contribution is 2.42. The molecule has 2 saturated heterocycles. The molecule has 5 heteroatoms. The van der Waals surface area contributed by atoms with Crippen LogP contribution in [0.15, 0.2) is 0 Å². The summed E-state index contributed by atoms with van der Waals surface area (Å²) in [7, 11) is 0. The van der Waals surface area contributed by atoms with Gasteiger partial charge in [0.05, 0.1) is 18.8 Å². The van der Waals surface area contributed by atoms with Crippen molar-refractivity contribution >= 4 is 23.5 Å². The van der Waals surface area contributed by atoms with Gasteiger partial charge < -0.3 is 9.47 Å². The normalized spacial score (nSPS) is 39.2. The first-order chi connectivity index (χ1) is 5.66. The Kier molecular flexibility index (Phi) is 1.54. The highest BCUT2D eigenvalue weighted by molar-refractivity contribution is 6.18. The Morgan fingerprint density at radius 1 is 1.33 bits per heavy atom. The number of carbonyl (C=O) groups excluding carboxylic acids is 2. The van der Waals surface area contributed by atoms with Crippen LogP contribution in [0.1, 0.15) is 12.8 Å². The highest BCUT2D eigenvalue weighted by atomic mass is 35.5. The zero-order chi connectivity index (χ0) is 8.77. The minimum absolute atomic E-state index is 0.0230. The number of hydrogen-bond acceptors (Lipinski definition) is 4. The Labute approximate surface area is 73.8 Å². The summed E-state index contributed by atoms with van der Waals surface area (Å²) in [4.78, 5) is 21.7. The standard InChI is InChI=1S/C7H7ClO4/c8-3-7-4(1-5(9)11-7)2-6(10)12-7/h4H,1-3H2. The fourth-order valence-electron chi connectivity index (χ4n) is 1.61. The van der Waals surface area contributed by atoms with Crippen LogP contribution >= 0.6 is 11.6 Å². The molecule has 2 aliphatic rings. The fourth-order valence-corrected chi connectivity index (χ4v) is 1.93. The lowest BCUT2D eigenvalue weighted by atomic mass is 9.98. The summed E-state index contributed by atoms with van der Waals surface area (Å²) in [6.45, 7) is 0. The van der Waals surface area contributed by atoms with Crippen molar-refractivity contribution in [1.29, 1.82) is 0 Å². The van der Waals surface area contributed by atoms with Crippen molar-refractivity contribution in [3.8, 4) is 0 Å². The number of alkyl halides is 1. The van der Waals surface area contributed by atoms with Crippen molar-refractivity contribution in [2.45, 2.75) is 18.6 Å². The molecule has 4 nitrogen and oxygen atoms in total. The van der Waals surface area contributed by atoms with E-state index in [2.05, 4.69) is 0 Å². The van der Waals surface area contributed by atoms with Gasteiger partial charge in [-0.2, -0.15) is 0 Å². The molecule has 0 bridgehead atoms. The van der Waals surface area contributed by atoms with Gasteiger partial charge in [0.15, 0.2) is 0 Å². The molecule has 2 rings (SSSR count). The molecule has 0 amide bonds. The number of halogens is 1. The summed E-state index contributed by atoms with van der Waals surface area (Å²) in [5.41, 5.74) is 0. The largest absolute Gasteiger partial charge is 0.421 e. The maximum absolute atomic E-state index is 10.9. The van der Waals surface area contributed by atoms with Gasteiger partial charge in [-0.15, -0.1) is 11.6 Å². The van der Waals surface area contributed by atoms with Gasteiger partial charge in [-0.1, -0.05) is 0 Å². The molecule has 0 aliphatic carbocycles. The Hall–Kier alpha value is -0.770. The van der Waals surface area contributed by atoms with Gasteiger partial charge in [-0.25, -0.2) is 0 Å². The monoisotopic (exact) mass is 190 g/mol. The van der Waals surface area contributed by atoms with E-state index >= 15 is 0 Å². The second-order valence-electron chi connectivity index (χ2n) is 3.00. The smallest absolute Gasteiger partial charge is 0.309 e. The van der Waals surface area contributed by atoms with Crippen LogP contribution in [-0.4, -0.2) is 23.6 Å². The van der Waals surface area contributed by atoms with Gasteiger partial charge >= 0.3 is 11.9 Å². The van der Waals surface area contributed by atoms with E-state index in [1.807, 2.05) is 0 Å². The van der Waals surface area contributed by atoms with Gasteiger partial charge in [-0.3, -0.25) is 9.59 Å². The van der Waals surface area contributed by atoms with Crippen molar-refractivity contribution in [3.63, 3.8) is 0 Å². The molecule has 12 heavy (non-hydrogen) atoms. The molecule has 0 unspecified atom stereocenters. The Morgan fingerprint density at radius 2 is 1.83 bits per heavy atom. The van der Waals surface area contributed by atoms with E-state index in [9.17, 15) is 9.59 Å². The van der Waals surface area contributed by atoms with Gasteiger partial charge in [0.2, 0.25) is 0 Å². The fraction of sp³-hybridized carbons (Fsp3) is 0.714. The second-order valence-corrected chi connectivity index (χ2v) is 3.27. The van der Waals surface area contributed by atoms with Gasteiger partial charge in [-0.05, 0) is 0 Å². The summed E-state index contributed by atoms with van der Waals surface area (Å²) < 4.78 is 9.76. The third-order valence-electron chi connectivity index (χ3n) is 2.21. The molecule has 2 heterocycles. The summed E-state index contributed by atoms with van der Waals surface area (Å²) in [5.74, 6) is -1.98. The molecule has 66 valence electrons. The quantitative estimate of drug-likeness (QED) is 0.445. The Balaban J connectivity index is 2.26. The van der Waals surface area contributed by atoms with Crippen LogP contribution in [-0.2, 0) is 19.1 Å². The second kappa shape index (κ2) is 2.36. The minimum Gasteiger partial charge on any atom is -0.421 e. The van der Waals surface area contributed by atoms with E-state index in [0.29, 0.717) is 0 Å². The number of esters is 2. The first-order valence-corrected chi connectivity index (χ1v) is 4.19. The van der Waals surface area contributed by atoms with E-state index < -0.39 is 5.79 Å². The predicted octanol–water partition coefficient (Wildman–Crippen LogP) is 0.431. The first-order valence-electron chi connectivity index (χ1n) is 3.66. The number of hydrogen-bond donors (Lipinski definition) is 0. The van der Waals surface area contributed by atoms with E-state index in [1.54, 1.807) is 0 Å². The van der Waals surface area contributed by atoms with Crippen LogP contribution in [0.5, 0.6) is 0 Å². The molecular formula is C7H7ClO4. The average Bonchev–Trinajstić information content (AvgIpc) is 2.40. The van der Waals surface area contributed by atoms with Crippen LogP contribution in [0, 0.1) is 5.92 Å². The molecule has 0 saturated carbocycles. The summed E-state index contributed by atoms with van der Waals surface area (Å²) >= 11 is 5.58. The van der Waals surface area contributed by atoms with E-state index in [4.69, 9.17) is 21.1 Å². The molecule has 0 aromatic rings. The number of ether oxygens (including phenoxy) is 2. The molecule has 0 aromatic heterocycles. The number of rotatable bonds is 1. The molecule has 2 fully saturated rings. The molecule has 0 aromatic carbocycles. The minimum atomic E-state index is -1.14. The summed E-state index contributed by atoms with van der Waals surface area (Å²) in [6.07, 6.45) is 0.469. The molecular weight excluding hydrogens is 184 g/mol. The first kappa shape index (κ1) is 7.86. The maximum Gasteiger partial charge on any atom is 0.309 e. The maximum atomic E-state index is 10.9. The Morgan fingerprint density at radius 3 is 2.17 bits per heavy atom. The van der Waals surface area contributed by atoms with Crippen molar-refractivity contribution in [3.05, 3.63) is 0 Å². The number of carbonyl (C=O) groups is 2. The third-order valence-corrected chi connectivity index (χ3v) is 2.58. The van der Waals surface area contributed by atoms with Gasteiger partial charge in [0, 0.05) is 0 Å². The lowest BCUT2D eigenvalue weighted by Crippen LogP contribution is -2.35. The molecule has 0 N–H and O–H groups in total. The number of fused-ring (bicyclic) bond motifs is 1. The van der Waals surface area contributed by atoms with Crippen LogP contribution in [0.3, 0.4) is 0 Å². The van der Waals surface area contributed by atoms with Crippen molar-refractivity contribution in [1.82, 2.24) is 0 Å². The van der Waals surface area contributed by atoms with Crippen molar-refractivity contribution in [2.75, 3.05) is 5.88 Å². The van der Waals surface area contributed by atoms with Crippen molar-refractivity contribution < 1.29 is 19.1 Å². The SMILES string of the molecule is O=C1CC2CC(=O)OC2(CCl)O1. The van der Waals surface area contributed by atoms with Gasteiger partial charge in [0.25, 0.3) is 5.79 Å². The topological polar surface area (TPSA) is 52.6 Å². The van der Waals surface area contributed by atoms with Crippen LogP contribution < -0.4 is 0 Å². The zero-order valence-corrected chi connectivity index (χ0v) is 6.97. The predicted molar refractivity (Wildman–Crippen MR) is 38.4 cm³/mol. The van der Waals surface area contributed by atoms with Crippen LogP contribution in [0.25, 0.3) is 0 Å². The molecule has 0 radical (unpaired) electrons. The molecule has 0 spiro atoms. The van der Waals surface area contributed by atoms with E-state index in [0.717, 1.165) is 0 Å². The van der Waals surface area contributed by atoms with Gasteiger partial charge in [0.1, 0.15) is 5.88 Å². The van der Waals surface area contributed by atoms with E-state index in [-0.39, 0.29) is 36.6 Å². The lowest BCUT2D eigenvalue weighted by molar-refractivity contribution is -0.197.